The van der Waals surface area contributed by atoms with E-state index in [1.165, 1.54) is 12.1 Å². The number of aromatic nitrogens is 2. The number of ether oxygens (including phenoxy) is 1. The van der Waals surface area contributed by atoms with E-state index < -0.39 is 11.7 Å². The minimum absolute atomic E-state index is 0.0588. The van der Waals surface area contributed by atoms with Crippen molar-refractivity contribution in [1.29, 1.82) is 0 Å². The average Bonchev–Trinajstić information content (AvgIpc) is 2.97. The first-order valence-corrected chi connectivity index (χ1v) is 6.36. The van der Waals surface area contributed by atoms with E-state index >= 15 is 0 Å². The summed E-state index contributed by atoms with van der Waals surface area (Å²) in [6, 6.07) is 4.59. The van der Waals surface area contributed by atoms with Crippen molar-refractivity contribution in [1.82, 2.24) is 15.5 Å². The van der Waals surface area contributed by atoms with Crippen LogP contribution < -0.4 is 5.32 Å². The third kappa shape index (κ3) is 3.06. The molecule has 1 aliphatic heterocycles. The van der Waals surface area contributed by atoms with E-state index in [4.69, 9.17) is 9.26 Å². The van der Waals surface area contributed by atoms with Crippen LogP contribution >= 0.6 is 0 Å². The van der Waals surface area contributed by atoms with E-state index in [0.29, 0.717) is 25.6 Å². The van der Waals surface area contributed by atoms with Crippen molar-refractivity contribution >= 4 is 0 Å². The van der Waals surface area contributed by atoms with Gasteiger partial charge in [-0.1, -0.05) is 11.2 Å². The summed E-state index contributed by atoms with van der Waals surface area (Å²) in [5.74, 6) is 0.436. The molecule has 1 atom stereocenters. The predicted octanol–water partition coefficient (Wildman–Crippen LogP) is 2.42. The molecular weight excluding hydrogens is 287 g/mol. The number of nitrogens with zero attached hydrogens (tertiary/aromatic N) is 2. The van der Waals surface area contributed by atoms with Gasteiger partial charge < -0.3 is 14.6 Å². The largest absolute Gasteiger partial charge is 0.416 e. The number of hydrogen-bond donors (Lipinski definition) is 1. The molecule has 0 saturated carbocycles. The second kappa shape index (κ2) is 5.45. The third-order valence-corrected chi connectivity index (χ3v) is 3.11. The summed E-state index contributed by atoms with van der Waals surface area (Å²) < 4.78 is 48.4. The molecule has 1 aliphatic rings. The Morgan fingerprint density at radius 1 is 1.29 bits per heavy atom. The molecule has 8 heteroatoms. The van der Waals surface area contributed by atoms with Crippen LogP contribution in [-0.4, -0.2) is 29.9 Å². The van der Waals surface area contributed by atoms with Crippen molar-refractivity contribution in [3.8, 4) is 11.5 Å². The first kappa shape index (κ1) is 14.0. The van der Waals surface area contributed by atoms with Crippen molar-refractivity contribution in [2.75, 3.05) is 19.8 Å². The maximum atomic E-state index is 12.7. The summed E-state index contributed by atoms with van der Waals surface area (Å²) in [6.07, 6.45) is -4.41. The molecule has 1 N–H and O–H groups in total. The van der Waals surface area contributed by atoms with Gasteiger partial charge >= 0.3 is 6.18 Å². The molecule has 21 heavy (non-hydrogen) atoms. The van der Waals surface area contributed by atoms with Gasteiger partial charge in [0.2, 0.25) is 0 Å². The van der Waals surface area contributed by atoms with E-state index in [-0.39, 0.29) is 17.5 Å². The van der Waals surface area contributed by atoms with Gasteiger partial charge in [0.05, 0.1) is 24.8 Å². The van der Waals surface area contributed by atoms with Crippen LogP contribution in [0, 0.1) is 0 Å². The number of nitrogens with one attached hydrogen (secondary N) is 1. The molecular formula is C13H12F3N3O2. The molecule has 1 unspecified atom stereocenters. The lowest BCUT2D eigenvalue weighted by Gasteiger charge is -2.20. The lowest BCUT2D eigenvalue weighted by atomic mass is 10.1. The third-order valence-electron chi connectivity index (χ3n) is 3.11. The van der Waals surface area contributed by atoms with Crippen LogP contribution in [0.25, 0.3) is 11.5 Å². The molecule has 1 saturated heterocycles. The highest BCUT2D eigenvalue weighted by Gasteiger charge is 2.31. The molecule has 112 valence electrons. The molecule has 0 bridgehead atoms. The zero-order valence-electron chi connectivity index (χ0n) is 10.9. The minimum atomic E-state index is -4.41. The first-order valence-electron chi connectivity index (χ1n) is 6.36. The van der Waals surface area contributed by atoms with Crippen molar-refractivity contribution in [3.05, 3.63) is 35.7 Å². The molecule has 2 heterocycles. The number of rotatable bonds is 2. The van der Waals surface area contributed by atoms with Gasteiger partial charge in [0.25, 0.3) is 5.89 Å². The Morgan fingerprint density at radius 2 is 2.14 bits per heavy atom. The van der Waals surface area contributed by atoms with Gasteiger partial charge in [0.15, 0.2) is 5.82 Å². The van der Waals surface area contributed by atoms with E-state index in [9.17, 15) is 13.2 Å². The topological polar surface area (TPSA) is 60.2 Å². The van der Waals surface area contributed by atoms with Crippen LogP contribution in [0.5, 0.6) is 0 Å². The van der Waals surface area contributed by atoms with Crippen LogP contribution in [-0.2, 0) is 10.9 Å². The fourth-order valence-electron chi connectivity index (χ4n) is 2.05. The number of benzene rings is 1. The molecule has 1 aromatic carbocycles. The van der Waals surface area contributed by atoms with Gasteiger partial charge in [-0.15, -0.1) is 0 Å². The summed E-state index contributed by atoms with van der Waals surface area (Å²) >= 11 is 0. The fraction of sp³-hybridized carbons (Fsp3) is 0.385. The summed E-state index contributed by atoms with van der Waals surface area (Å²) in [6.45, 7) is 1.68. The fourth-order valence-corrected chi connectivity index (χ4v) is 2.05. The summed E-state index contributed by atoms with van der Waals surface area (Å²) in [5, 5.41) is 6.94. The molecule has 0 spiro atoms. The van der Waals surface area contributed by atoms with Crippen molar-refractivity contribution in [2.24, 2.45) is 0 Å². The molecule has 3 rings (SSSR count). The normalized spacial score (nSPS) is 19.7. The Balaban J connectivity index is 1.86. The van der Waals surface area contributed by atoms with Crippen molar-refractivity contribution in [2.45, 2.75) is 12.2 Å². The Kier molecular flexibility index (Phi) is 3.64. The van der Waals surface area contributed by atoms with E-state index in [1.807, 2.05) is 0 Å². The highest BCUT2D eigenvalue weighted by Crippen LogP contribution is 2.31. The highest BCUT2D eigenvalue weighted by molar-refractivity contribution is 5.54. The Hall–Kier alpha value is -1.93. The van der Waals surface area contributed by atoms with Gasteiger partial charge in [0.1, 0.15) is 0 Å². The van der Waals surface area contributed by atoms with Crippen LogP contribution in [0.2, 0.25) is 0 Å². The standard InChI is InChI=1S/C13H12F3N3O2/c14-13(15,16)9-3-1-2-8(6-9)12-18-11(19-21-12)10-7-20-5-4-17-10/h1-3,6,10,17H,4-5,7H2. The Morgan fingerprint density at radius 3 is 2.86 bits per heavy atom. The zero-order valence-corrected chi connectivity index (χ0v) is 10.9. The quantitative estimate of drug-likeness (QED) is 0.923. The first-order chi connectivity index (χ1) is 10.0. The van der Waals surface area contributed by atoms with Crippen LogP contribution in [0.15, 0.2) is 28.8 Å². The van der Waals surface area contributed by atoms with Crippen LogP contribution in [0.4, 0.5) is 13.2 Å². The van der Waals surface area contributed by atoms with Gasteiger partial charge in [-0.05, 0) is 18.2 Å². The van der Waals surface area contributed by atoms with Crippen LogP contribution in [0.3, 0.4) is 0 Å². The molecule has 0 amide bonds. The second-order valence-corrected chi connectivity index (χ2v) is 4.62. The van der Waals surface area contributed by atoms with E-state index in [1.54, 1.807) is 0 Å². The monoisotopic (exact) mass is 299 g/mol. The molecule has 0 aliphatic carbocycles. The van der Waals surface area contributed by atoms with E-state index in [0.717, 1.165) is 12.1 Å². The van der Waals surface area contributed by atoms with Gasteiger partial charge in [0, 0.05) is 12.1 Å². The zero-order chi connectivity index (χ0) is 14.9. The van der Waals surface area contributed by atoms with Crippen LogP contribution in [0.1, 0.15) is 17.4 Å². The molecule has 1 fully saturated rings. The number of morpholine rings is 1. The summed E-state index contributed by atoms with van der Waals surface area (Å²) in [5.41, 5.74) is -0.515. The van der Waals surface area contributed by atoms with E-state index in [2.05, 4.69) is 15.5 Å². The number of hydrogen-bond acceptors (Lipinski definition) is 5. The Bertz CT molecular complexity index is 621. The highest BCUT2D eigenvalue weighted by atomic mass is 19.4. The predicted molar refractivity (Wildman–Crippen MR) is 66.3 cm³/mol. The maximum Gasteiger partial charge on any atom is 0.416 e. The SMILES string of the molecule is FC(F)(F)c1cccc(-c2nc(C3COCCN3)no2)c1. The number of halogens is 3. The lowest BCUT2D eigenvalue weighted by molar-refractivity contribution is -0.137. The molecule has 1 aromatic heterocycles. The number of alkyl halides is 3. The van der Waals surface area contributed by atoms with Gasteiger partial charge in [-0.25, -0.2) is 0 Å². The van der Waals surface area contributed by atoms with Crippen molar-refractivity contribution in [3.63, 3.8) is 0 Å². The summed E-state index contributed by atoms with van der Waals surface area (Å²) in [4.78, 5) is 4.14. The molecule has 5 nitrogen and oxygen atoms in total. The maximum absolute atomic E-state index is 12.7. The lowest BCUT2D eigenvalue weighted by Crippen LogP contribution is -2.35. The molecule has 0 radical (unpaired) electrons. The van der Waals surface area contributed by atoms with Gasteiger partial charge in [-0.3, -0.25) is 0 Å². The smallest absolute Gasteiger partial charge is 0.378 e. The summed E-state index contributed by atoms with van der Waals surface area (Å²) in [7, 11) is 0. The van der Waals surface area contributed by atoms with Gasteiger partial charge in [-0.2, -0.15) is 18.2 Å². The van der Waals surface area contributed by atoms with Crippen molar-refractivity contribution < 1.29 is 22.4 Å². The minimum Gasteiger partial charge on any atom is -0.378 e. The molecule has 2 aromatic rings. The second-order valence-electron chi connectivity index (χ2n) is 4.62. The Labute approximate surface area is 118 Å². The average molecular weight is 299 g/mol.